The lowest BCUT2D eigenvalue weighted by Crippen LogP contribution is -2.55. The quantitative estimate of drug-likeness (QED) is 0.723. The third-order valence-corrected chi connectivity index (χ3v) is 5.46. The molecule has 1 saturated heterocycles. The van der Waals surface area contributed by atoms with E-state index in [1.54, 1.807) is 12.4 Å². The van der Waals surface area contributed by atoms with Crippen LogP contribution in [0.3, 0.4) is 0 Å². The maximum absolute atomic E-state index is 12.9. The Kier molecular flexibility index (Phi) is 4.71. The van der Waals surface area contributed by atoms with Crippen LogP contribution in [0.2, 0.25) is 0 Å². The Balaban J connectivity index is 1.71. The minimum Gasteiger partial charge on any atom is -0.444 e. The fraction of sp³-hybridized carbons (Fsp3) is 0.526. The highest BCUT2D eigenvalue weighted by Crippen LogP contribution is 2.37. The Morgan fingerprint density at radius 1 is 1.30 bits per heavy atom. The second-order valence-corrected chi connectivity index (χ2v) is 8.75. The Labute approximate surface area is 166 Å². The van der Waals surface area contributed by atoms with E-state index in [0.717, 1.165) is 21.4 Å². The summed E-state index contributed by atoms with van der Waals surface area (Å²) in [5, 5.41) is 4.68. The van der Waals surface area contributed by atoms with Crippen molar-refractivity contribution in [1.82, 2.24) is 19.7 Å². The van der Waals surface area contributed by atoms with Gasteiger partial charge in [-0.05, 0) is 54.4 Å². The molecule has 2 aliphatic rings. The van der Waals surface area contributed by atoms with Crippen LogP contribution in [0.4, 0.5) is 4.79 Å². The first kappa shape index (κ1) is 18.4. The van der Waals surface area contributed by atoms with Gasteiger partial charge in [-0.1, -0.05) is 0 Å². The lowest BCUT2D eigenvalue weighted by Gasteiger charge is -2.43. The summed E-state index contributed by atoms with van der Waals surface area (Å²) in [4.78, 5) is 18.9. The Hall–Kier alpha value is -1.93. The van der Waals surface area contributed by atoms with Gasteiger partial charge in [-0.3, -0.25) is 14.6 Å². The summed E-state index contributed by atoms with van der Waals surface area (Å²) < 4.78 is 13.8. The molecule has 0 bridgehead atoms. The van der Waals surface area contributed by atoms with Crippen molar-refractivity contribution < 1.29 is 14.3 Å². The number of hydrogen-bond acceptors (Lipinski definition) is 5. The summed E-state index contributed by atoms with van der Waals surface area (Å²) in [6, 6.07) is 3.91. The molecule has 8 heteroatoms. The van der Waals surface area contributed by atoms with Crippen molar-refractivity contribution in [2.75, 3.05) is 13.2 Å². The highest BCUT2D eigenvalue weighted by Gasteiger charge is 2.42. The number of amides is 1. The van der Waals surface area contributed by atoms with E-state index in [2.05, 4.69) is 26.0 Å². The molecular formula is C19H23BrN4O3. The number of aromatic nitrogens is 3. The van der Waals surface area contributed by atoms with Crippen molar-refractivity contribution in [2.24, 2.45) is 5.92 Å². The fourth-order valence-corrected chi connectivity index (χ4v) is 4.18. The number of hydrogen-bond donors (Lipinski definition) is 0. The van der Waals surface area contributed by atoms with E-state index in [1.165, 1.54) is 0 Å². The first-order chi connectivity index (χ1) is 12.8. The fourth-order valence-electron chi connectivity index (χ4n) is 3.53. The monoisotopic (exact) mass is 434 g/mol. The van der Waals surface area contributed by atoms with Gasteiger partial charge in [-0.2, -0.15) is 5.10 Å². The Morgan fingerprint density at radius 2 is 2.00 bits per heavy atom. The number of pyridine rings is 1. The number of nitrogens with zero attached hydrogens (tertiary/aromatic N) is 4. The van der Waals surface area contributed by atoms with Crippen LogP contribution in [-0.2, 0) is 22.6 Å². The van der Waals surface area contributed by atoms with Gasteiger partial charge in [0.1, 0.15) is 10.2 Å². The normalized spacial score (nSPS) is 20.1. The summed E-state index contributed by atoms with van der Waals surface area (Å²) in [7, 11) is 0. The second kappa shape index (κ2) is 6.91. The van der Waals surface area contributed by atoms with Gasteiger partial charge in [0.2, 0.25) is 0 Å². The van der Waals surface area contributed by atoms with E-state index < -0.39 is 5.60 Å². The lowest BCUT2D eigenvalue weighted by atomic mass is 9.94. The average Bonchev–Trinajstić information content (AvgIpc) is 2.86. The van der Waals surface area contributed by atoms with Gasteiger partial charge >= 0.3 is 6.09 Å². The van der Waals surface area contributed by atoms with Gasteiger partial charge in [0, 0.05) is 23.9 Å². The number of ether oxygens (including phenoxy) is 2. The third-order valence-electron chi connectivity index (χ3n) is 4.90. The number of halogens is 1. The van der Waals surface area contributed by atoms with Crippen molar-refractivity contribution in [3.05, 3.63) is 34.8 Å². The van der Waals surface area contributed by atoms with Gasteiger partial charge in [-0.15, -0.1) is 0 Å². The van der Waals surface area contributed by atoms with Crippen molar-refractivity contribution in [3.8, 4) is 11.1 Å². The van der Waals surface area contributed by atoms with E-state index in [0.29, 0.717) is 32.2 Å². The zero-order valence-electron chi connectivity index (χ0n) is 15.7. The zero-order valence-corrected chi connectivity index (χ0v) is 17.3. The van der Waals surface area contributed by atoms with Crippen molar-refractivity contribution in [3.63, 3.8) is 0 Å². The molecule has 1 unspecified atom stereocenters. The first-order valence-electron chi connectivity index (χ1n) is 9.06. The predicted molar refractivity (Wildman–Crippen MR) is 103 cm³/mol. The third kappa shape index (κ3) is 3.60. The molecule has 144 valence electrons. The Morgan fingerprint density at radius 3 is 2.59 bits per heavy atom. The summed E-state index contributed by atoms with van der Waals surface area (Å²) in [6.45, 7) is 8.08. The molecule has 0 aromatic carbocycles. The molecule has 27 heavy (non-hydrogen) atoms. The van der Waals surface area contributed by atoms with Gasteiger partial charge < -0.3 is 9.47 Å². The average molecular weight is 435 g/mol. The molecule has 1 fully saturated rings. The standard InChI is InChI=1S/C19H23BrN4O3/c1-19(2,3)27-18(25)23-8-15-16(12-4-6-21-7-5-12)17(20)22-24(15)9-14(23)13-10-26-11-13/h4-7,13-14H,8-11H2,1-3H3. The van der Waals surface area contributed by atoms with Crippen LogP contribution in [0.1, 0.15) is 26.5 Å². The Bertz CT molecular complexity index is 843. The summed E-state index contributed by atoms with van der Waals surface area (Å²) in [5.74, 6) is 0.304. The van der Waals surface area contributed by atoms with Gasteiger partial charge in [-0.25, -0.2) is 4.79 Å². The molecule has 7 nitrogen and oxygen atoms in total. The highest BCUT2D eigenvalue weighted by molar-refractivity contribution is 9.10. The molecule has 1 amide bonds. The van der Waals surface area contributed by atoms with Crippen LogP contribution in [0.15, 0.2) is 29.1 Å². The van der Waals surface area contributed by atoms with E-state index >= 15 is 0 Å². The van der Waals surface area contributed by atoms with Crippen LogP contribution in [0.25, 0.3) is 11.1 Å². The highest BCUT2D eigenvalue weighted by atomic mass is 79.9. The molecule has 0 spiro atoms. The summed E-state index contributed by atoms with van der Waals surface area (Å²) in [6.07, 6.45) is 3.23. The van der Waals surface area contributed by atoms with E-state index in [1.807, 2.05) is 42.5 Å². The molecule has 2 aromatic rings. The molecule has 0 aliphatic carbocycles. The number of fused-ring (bicyclic) bond motifs is 1. The molecule has 2 aliphatic heterocycles. The maximum Gasteiger partial charge on any atom is 0.410 e. The summed E-state index contributed by atoms with van der Waals surface area (Å²) in [5.41, 5.74) is 2.47. The molecule has 0 N–H and O–H groups in total. The van der Waals surface area contributed by atoms with Crippen molar-refractivity contribution in [1.29, 1.82) is 0 Å². The minimum atomic E-state index is -0.538. The van der Waals surface area contributed by atoms with Gasteiger partial charge in [0.25, 0.3) is 0 Å². The van der Waals surface area contributed by atoms with E-state index in [9.17, 15) is 4.79 Å². The SMILES string of the molecule is CC(C)(C)OC(=O)N1Cc2c(-c3ccncc3)c(Br)nn2CC1C1COC1. The number of carbonyl (C=O) groups is 1. The van der Waals surface area contributed by atoms with Crippen LogP contribution in [0, 0.1) is 5.92 Å². The predicted octanol–water partition coefficient (Wildman–Crippen LogP) is 3.47. The smallest absolute Gasteiger partial charge is 0.410 e. The number of carbonyl (C=O) groups excluding carboxylic acids is 1. The zero-order chi connectivity index (χ0) is 19.2. The van der Waals surface area contributed by atoms with Crippen LogP contribution >= 0.6 is 15.9 Å². The van der Waals surface area contributed by atoms with Gasteiger partial charge in [0.05, 0.1) is 38.0 Å². The molecule has 4 heterocycles. The summed E-state index contributed by atoms with van der Waals surface area (Å²) >= 11 is 3.60. The van der Waals surface area contributed by atoms with Crippen molar-refractivity contribution >= 4 is 22.0 Å². The maximum atomic E-state index is 12.9. The van der Waals surface area contributed by atoms with Gasteiger partial charge in [0.15, 0.2) is 0 Å². The first-order valence-corrected chi connectivity index (χ1v) is 9.86. The van der Waals surface area contributed by atoms with Crippen LogP contribution < -0.4 is 0 Å². The molecule has 0 saturated carbocycles. The lowest BCUT2D eigenvalue weighted by molar-refractivity contribution is -0.0872. The second-order valence-electron chi connectivity index (χ2n) is 8.00. The molecule has 0 radical (unpaired) electrons. The topological polar surface area (TPSA) is 69.5 Å². The molecule has 1 atom stereocenters. The van der Waals surface area contributed by atoms with Crippen LogP contribution in [0.5, 0.6) is 0 Å². The largest absolute Gasteiger partial charge is 0.444 e. The molecule has 2 aromatic heterocycles. The molecule has 4 rings (SSSR count). The van der Waals surface area contributed by atoms with E-state index in [-0.39, 0.29) is 12.1 Å². The minimum absolute atomic E-state index is 0.0122. The number of rotatable bonds is 2. The van der Waals surface area contributed by atoms with E-state index in [4.69, 9.17) is 9.47 Å². The van der Waals surface area contributed by atoms with Crippen molar-refractivity contribution in [2.45, 2.75) is 45.5 Å². The molecular weight excluding hydrogens is 412 g/mol. The van der Waals surface area contributed by atoms with Crippen LogP contribution in [-0.4, -0.2) is 50.6 Å².